The first-order valence-electron chi connectivity index (χ1n) is 6.49. The molecule has 0 amide bonds. The van der Waals surface area contributed by atoms with Crippen LogP contribution in [0.2, 0.25) is 0 Å². The summed E-state index contributed by atoms with van der Waals surface area (Å²) in [4.78, 5) is 6.36. The predicted molar refractivity (Wildman–Crippen MR) is 67.2 cm³/mol. The normalized spacial score (nSPS) is 23.3. The summed E-state index contributed by atoms with van der Waals surface area (Å²) in [5.41, 5.74) is -0.0421. The zero-order valence-electron chi connectivity index (χ0n) is 10.4. The highest BCUT2D eigenvalue weighted by molar-refractivity contribution is 5.39. The highest BCUT2D eigenvalue weighted by atomic mass is 19.1. The van der Waals surface area contributed by atoms with Crippen LogP contribution in [-0.4, -0.2) is 43.4 Å². The van der Waals surface area contributed by atoms with Crippen LogP contribution in [-0.2, 0) is 4.74 Å². The van der Waals surface area contributed by atoms with E-state index < -0.39 is 0 Å². The summed E-state index contributed by atoms with van der Waals surface area (Å²) < 4.78 is 18.9. The average Bonchev–Trinajstić information content (AvgIpc) is 2.40. The third kappa shape index (κ3) is 2.33. The predicted octanol–water partition coefficient (Wildman–Crippen LogP) is 1.18. The lowest BCUT2D eigenvalue weighted by Gasteiger charge is -2.45. The van der Waals surface area contributed by atoms with Crippen LogP contribution in [0.1, 0.15) is 12.8 Å². The first kappa shape index (κ1) is 11.9. The van der Waals surface area contributed by atoms with Gasteiger partial charge in [0.1, 0.15) is 11.6 Å². The number of piperidine rings is 1. The summed E-state index contributed by atoms with van der Waals surface area (Å²) in [6.45, 7) is 4.41. The van der Waals surface area contributed by atoms with Gasteiger partial charge in [-0.3, -0.25) is 0 Å². The SMILES string of the molecule is Fc1ccc(N2CCOC3(CCNCC3)C2)nc1. The number of hydrogen-bond acceptors (Lipinski definition) is 4. The molecule has 1 aromatic heterocycles. The molecule has 0 aromatic carbocycles. The Hall–Kier alpha value is -1.20. The maximum Gasteiger partial charge on any atom is 0.141 e. The summed E-state index contributed by atoms with van der Waals surface area (Å²) in [6, 6.07) is 3.21. The molecule has 5 heteroatoms. The molecule has 2 aliphatic heterocycles. The van der Waals surface area contributed by atoms with E-state index in [1.807, 2.05) is 0 Å². The molecule has 1 N–H and O–H groups in total. The molecule has 98 valence electrons. The number of morpholine rings is 1. The van der Waals surface area contributed by atoms with Crippen LogP contribution in [0.5, 0.6) is 0 Å². The van der Waals surface area contributed by atoms with Gasteiger partial charge in [-0.15, -0.1) is 0 Å². The highest BCUT2D eigenvalue weighted by Crippen LogP contribution is 2.29. The zero-order valence-corrected chi connectivity index (χ0v) is 10.4. The molecule has 1 spiro atoms. The Labute approximate surface area is 106 Å². The lowest BCUT2D eigenvalue weighted by molar-refractivity contribution is -0.0740. The fraction of sp³-hybridized carbons (Fsp3) is 0.615. The van der Waals surface area contributed by atoms with Crippen molar-refractivity contribution in [3.05, 3.63) is 24.1 Å². The first-order valence-corrected chi connectivity index (χ1v) is 6.49. The summed E-state index contributed by atoms with van der Waals surface area (Å²) in [7, 11) is 0. The smallest absolute Gasteiger partial charge is 0.141 e. The Kier molecular flexibility index (Phi) is 3.18. The summed E-state index contributed by atoms with van der Waals surface area (Å²) in [5.74, 6) is 0.557. The fourth-order valence-electron chi connectivity index (χ4n) is 2.78. The monoisotopic (exact) mass is 251 g/mol. The standard InChI is InChI=1S/C13H18FN3O/c14-11-1-2-12(16-9-11)17-7-8-18-13(10-17)3-5-15-6-4-13/h1-2,9,15H,3-8,10H2. The molecule has 0 atom stereocenters. The third-order valence-electron chi connectivity index (χ3n) is 3.80. The van der Waals surface area contributed by atoms with Gasteiger partial charge in [0.15, 0.2) is 0 Å². The molecule has 2 fully saturated rings. The van der Waals surface area contributed by atoms with Gasteiger partial charge in [0.2, 0.25) is 0 Å². The van der Waals surface area contributed by atoms with Gasteiger partial charge >= 0.3 is 0 Å². The fourth-order valence-corrected chi connectivity index (χ4v) is 2.78. The molecule has 3 rings (SSSR count). The Balaban J connectivity index is 1.75. The van der Waals surface area contributed by atoms with E-state index in [1.165, 1.54) is 12.3 Å². The van der Waals surface area contributed by atoms with Crippen LogP contribution in [0.3, 0.4) is 0 Å². The van der Waals surface area contributed by atoms with Crippen molar-refractivity contribution in [2.75, 3.05) is 37.7 Å². The van der Waals surface area contributed by atoms with Crippen molar-refractivity contribution in [3.63, 3.8) is 0 Å². The van der Waals surface area contributed by atoms with Gasteiger partial charge in [-0.25, -0.2) is 9.37 Å². The van der Waals surface area contributed by atoms with Crippen molar-refractivity contribution >= 4 is 5.82 Å². The van der Waals surface area contributed by atoms with Gasteiger partial charge in [-0.1, -0.05) is 0 Å². The number of pyridine rings is 1. The van der Waals surface area contributed by atoms with E-state index in [4.69, 9.17) is 4.74 Å². The van der Waals surface area contributed by atoms with Gasteiger partial charge in [0.05, 0.1) is 18.4 Å². The minimum atomic E-state index is -0.288. The molecule has 0 saturated carbocycles. The van der Waals surface area contributed by atoms with E-state index in [9.17, 15) is 4.39 Å². The minimum absolute atomic E-state index is 0.0421. The molecule has 0 unspecified atom stereocenters. The van der Waals surface area contributed by atoms with Crippen molar-refractivity contribution in [1.29, 1.82) is 0 Å². The second-order valence-electron chi connectivity index (χ2n) is 5.04. The first-order chi connectivity index (χ1) is 8.77. The molecule has 1 aromatic rings. The number of ether oxygens (including phenoxy) is 1. The van der Waals surface area contributed by atoms with E-state index >= 15 is 0 Å². The number of hydrogen-bond donors (Lipinski definition) is 1. The number of aromatic nitrogens is 1. The number of nitrogens with zero attached hydrogens (tertiary/aromatic N) is 2. The van der Waals surface area contributed by atoms with Gasteiger partial charge in [0.25, 0.3) is 0 Å². The van der Waals surface area contributed by atoms with Gasteiger partial charge in [-0.2, -0.15) is 0 Å². The number of rotatable bonds is 1. The minimum Gasteiger partial charge on any atom is -0.371 e. The second kappa shape index (κ2) is 4.82. The van der Waals surface area contributed by atoms with Crippen molar-refractivity contribution in [3.8, 4) is 0 Å². The van der Waals surface area contributed by atoms with E-state index in [2.05, 4.69) is 15.2 Å². The number of nitrogens with one attached hydrogen (secondary N) is 1. The van der Waals surface area contributed by atoms with Gasteiger partial charge < -0.3 is 15.0 Å². The van der Waals surface area contributed by atoms with E-state index in [1.54, 1.807) is 6.07 Å². The largest absolute Gasteiger partial charge is 0.371 e. The second-order valence-corrected chi connectivity index (χ2v) is 5.04. The summed E-state index contributed by atoms with van der Waals surface area (Å²) >= 11 is 0. The molecule has 3 heterocycles. The lowest BCUT2D eigenvalue weighted by Crippen LogP contribution is -2.56. The van der Waals surface area contributed by atoms with E-state index in [0.717, 1.165) is 51.4 Å². The van der Waals surface area contributed by atoms with E-state index in [0.29, 0.717) is 0 Å². The molecular formula is C13H18FN3O. The third-order valence-corrected chi connectivity index (χ3v) is 3.80. The molecule has 4 nitrogen and oxygen atoms in total. The van der Waals surface area contributed by atoms with Crippen LogP contribution in [0.25, 0.3) is 0 Å². The molecule has 2 aliphatic rings. The van der Waals surface area contributed by atoms with Gasteiger partial charge in [0, 0.05) is 13.1 Å². The van der Waals surface area contributed by atoms with Crippen molar-refractivity contribution in [1.82, 2.24) is 10.3 Å². The Morgan fingerprint density at radius 1 is 1.33 bits per heavy atom. The van der Waals surface area contributed by atoms with E-state index in [-0.39, 0.29) is 11.4 Å². The zero-order chi connectivity index (χ0) is 12.4. The lowest BCUT2D eigenvalue weighted by atomic mass is 9.90. The molecule has 0 bridgehead atoms. The number of halogens is 1. The van der Waals surface area contributed by atoms with Crippen LogP contribution in [0, 0.1) is 5.82 Å². The van der Waals surface area contributed by atoms with Crippen LogP contribution in [0.4, 0.5) is 10.2 Å². The maximum absolute atomic E-state index is 12.9. The Morgan fingerprint density at radius 2 is 2.17 bits per heavy atom. The molecule has 18 heavy (non-hydrogen) atoms. The maximum atomic E-state index is 12.9. The van der Waals surface area contributed by atoms with Crippen molar-refractivity contribution < 1.29 is 9.13 Å². The van der Waals surface area contributed by atoms with Crippen molar-refractivity contribution in [2.45, 2.75) is 18.4 Å². The van der Waals surface area contributed by atoms with Crippen molar-refractivity contribution in [2.24, 2.45) is 0 Å². The number of anilines is 1. The highest BCUT2D eigenvalue weighted by Gasteiger charge is 2.38. The topological polar surface area (TPSA) is 37.4 Å². The molecule has 0 radical (unpaired) electrons. The van der Waals surface area contributed by atoms with Gasteiger partial charge in [-0.05, 0) is 38.1 Å². The Bertz CT molecular complexity index is 398. The summed E-state index contributed by atoms with van der Waals surface area (Å²) in [5, 5.41) is 3.35. The van der Waals surface area contributed by atoms with Crippen LogP contribution < -0.4 is 10.2 Å². The average molecular weight is 251 g/mol. The van der Waals surface area contributed by atoms with Crippen LogP contribution in [0.15, 0.2) is 18.3 Å². The summed E-state index contributed by atoms with van der Waals surface area (Å²) in [6.07, 6.45) is 3.34. The van der Waals surface area contributed by atoms with Crippen LogP contribution >= 0.6 is 0 Å². The molecule has 0 aliphatic carbocycles. The quantitative estimate of drug-likeness (QED) is 0.813. The molecular weight excluding hydrogens is 233 g/mol. The molecule has 2 saturated heterocycles. The Morgan fingerprint density at radius 3 is 2.89 bits per heavy atom.